The SMILES string of the molecule is COC(=O)CSc1nc2c(c(=O)n(C)c(=O)n2C)n1C[C@H](O)COc1ccc(Cl)cc1. The van der Waals surface area contributed by atoms with E-state index in [1.807, 2.05) is 0 Å². The summed E-state index contributed by atoms with van der Waals surface area (Å²) in [4.78, 5) is 41.0. The Bertz CT molecular complexity index is 1220. The van der Waals surface area contributed by atoms with Crippen molar-refractivity contribution in [3.63, 3.8) is 0 Å². The van der Waals surface area contributed by atoms with E-state index >= 15 is 0 Å². The fourth-order valence-electron chi connectivity index (χ4n) is 2.88. The molecule has 0 saturated heterocycles. The number of rotatable bonds is 8. The molecule has 0 spiro atoms. The number of hydrogen-bond donors (Lipinski definition) is 1. The molecule has 1 atom stereocenters. The van der Waals surface area contributed by atoms with Gasteiger partial charge in [0.2, 0.25) is 0 Å². The van der Waals surface area contributed by atoms with Gasteiger partial charge in [-0.2, -0.15) is 0 Å². The van der Waals surface area contributed by atoms with Crippen LogP contribution in [-0.2, 0) is 30.2 Å². The van der Waals surface area contributed by atoms with E-state index in [1.165, 1.54) is 30.3 Å². The molecule has 0 aliphatic rings. The molecule has 0 saturated carbocycles. The van der Waals surface area contributed by atoms with Crippen molar-refractivity contribution >= 4 is 40.5 Å². The number of methoxy groups -OCH3 is 1. The summed E-state index contributed by atoms with van der Waals surface area (Å²) < 4.78 is 13.9. The minimum absolute atomic E-state index is 0.0406. The molecule has 0 unspecified atom stereocenters. The first-order valence-corrected chi connectivity index (χ1v) is 10.5. The minimum atomic E-state index is -1.01. The minimum Gasteiger partial charge on any atom is -0.491 e. The molecule has 166 valence electrons. The van der Waals surface area contributed by atoms with Crippen LogP contribution in [0.3, 0.4) is 0 Å². The Hall–Kier alpha value is -2.76. The maximum atomic E-state index is 12.8. The number of thioether (sulfide) groups is 1. The van der Waals surface area contributed by atoms with Crippen LogP contribution >= 0.6 is 23.4 Å². The van der Waals surface area contributed by atoms with Crippen LogP contribution in [0.5, 0.6) is 5.75 Å². The van der Waals surface area contributed by atoms with Crippen molar-refractivity contribution in [1.29, 1.82) is 0 Å². The molecule has 0 amide bonds. The maximum Gasteiger partial charge on any atom is 0.332 e. The summed E-state index contributed by atoms with van der Waals surface area (Å²) in [7, 11) is 4.13. The first-order chi connectivity index (χ1) is 14.7. The quantitative estimate of drug-likeness (QED) is 0.381. The number of nitrogens with zero attached hydrogens (tertiary/aromatic N) is 4. The highest BCUT2D eigenvalue weighted by Gasteiger charge is 2.22. The summed E-state index contributed by atoms with van der Waals surface area (Å²) in [6.07, 6.45) is -1.01. The smallest absolute Gasteiger partial charge is 0.332 e. The van der Waals surface area contributed by atoms with Gasteiger partial charge < -0.3 is 19.1 Å². The Balaban J connectivity index is 1.93. The van der Waals surface area contributed by atoms with Gasteiger partial charge in [0, 0.05) is 19.1 Å². The van der Waals surface area contributed by atoms with E-state index in [0.717, 1.165) is 16.3 Å². The summed E-state index contributed by atoms with van der Waals surface area (Å²) in [5.74, 6) is 0.000371. The third kappa shape index (κ3) is 4.94. The number of carbonyl (C=O) groups excluding carboxylic acids is 1. The molecule has 3 aromatic rings. The van der Waals surface area contributed by atoms with E-state index in [9.17, 15) is 19.5 Å². The lowest BCUT2D eigenvalue weighted by Crippen LogP contribution is -2.38. The van der Waals surface area contributed by atoms with Crippen molar-refractivity contribution in [3.05, 3.63) is 50.1 Å². The van der Waals surface area contributed by atoms with Crippen LogP contribution in [-0.4, -0.2) is 55.3 Å². The van der Waals surface area contributed by atoms with Crippen molar-refractivity contribution in [2.24, 2.45) is 14.1 Å². The fourth-order valence-corrected chi connectivity index (χ4v) is 3.84. The molecule has 1 N–H and O–H groups in total. The number of aryl methyl sites for hydroxylation is 1. The third-order valence-corrected chi connectivity index (χ3v) is 5.71. The number of benzene rings is 1. The predicted molar refractivity (Wildman–Crippen MR) is 116 cm³/mol. The summed E-state index contributed by atoms with van der Waals surface area (Å²) in [6.45, 7) is -0.102. The first-order valence-electron chi connectivity index (χ1n) is 9.15. The van der Waals surface area contributed by atoms with Crippen molar-refractivity contribution in [2.75, 3.05) is 19.5 Å². The van der Waals surface area contributed by atoms with Crippen LogP contribution in [0.25, 0.3) is 11.2 Å². The molecular formula is C19H21ClN4O6S. The summed E-state index contributed by atoms with van der Waals surface area (Å²) >= 11 is 6.89. The predicted octanol–water partition coefficient (Wildman–Crippen LogP) is 0.792. The lowest BCUT2D eigenvalue weighted by molar-refractivity contribution is -0.137. The molecular weight excluding hydrogens is 448 g/mol. The number of hydrogen-bond acceptors (Lipinski definition) is 8. The average Bonchev–Trinajstić information content (AvgIpc) is 3.12. The zero-order valence-electron chi connectivity index (χ0n) is 17.1. The van der Waals surface area contributed by atoms with Crippen molar-refractivity contribution in [3.8, 4) is 5.75 Å². The third-order valence-electron chi connectivity index (χ3n) is 4.51. The second-order valence-corrected chi connectivity index (χ2v) is 8.05. The van der Waals surface area contributed by atoms with Crippen LogP contribution < -0.4 is 16.0 Å². The number of imidazole rings is 1. The van der Waals surface area contributed by atoms with E-state index in [2.05, 4.69) is 9.72 Å². The van der Waals surface area contributed by atoms with Gasteiger partial charge in [-0.1, -0.05) is 23.4 Å². The van der Waals surface area contributed by atoms with Gasteiger partial charge in [-0.05, 0) is 24.3 Å². The second kappa shape index (κ2) is 9.58. The molecule has 2 aromatic heterocycles. The van der Waals surface area contributed by atoms with E-state index in [4.69, 9.17) is 16.3 Å². The lowest BCUT2D eigenvalue weighted by Gasteiger charge is -2.15. The number of ether oxygens (including phenoxy) is 2. The normalized spacial score (nSPS) is 12.2. The van der Waals surface area contributed by atoms with Gasteiger partial charge in [0.05, 0.1) is 19.4 Å². The monoisotopic (exact) mass is 468 g/mol. The maximum absolute atomic E-state index is 12.8. The number of halogens is 1. The van der Waals surface area contributed by atoms with Gasteiger partial charge >= 0.3 is 11.7 Å². The van der Waals surface area contributed by atoms with Crippen LogP contribution in [0.1, 0.15) is 0 Å². The van der Waals surface area contributed by atoms with Gasteiger partial charge in [0.15, 0.2) is 16.3 Å². The topological polar surface area (TPSA) is 118 Å². The van der Waals surface area contributed by atoms with Gasteiger partial charge in [-0.3, -0.25) is 18.7 Å². The standard InChI is InChI=1S/C19H21ClN4O6S/c1-22-16-15(17(27)23(2)19(22)28)24(18(21-16)31-10-14(26)29-3)8-12(25)9-30-13-6-4-11(20)5-7-13/h4-7,12,25H,8-10H2,1-3H3/t12-/m0/s1. The van der Waals surface area contributed by atoms with Crippen molar-refractivity contribution in [1.82, 2.24) is 18.7 Å². The molecule has 10 nitrogen and oxygen atoms in total. The highest BCUT2D eigenvalue weighted by molar-refractivity contribution is 7.99. The molecule has 0 aliphatic carbocycles. The Kier molecular flexibility index (Phi) is 7.08. The molecule has 3 rings (SSSR count). The lowest BCUT2D eigenvalue weighted by atomic mass is 10.3. The molecule has 12 heteroatoms. The van der Waals surface area contributed by atoms with E-state index in [1.54, 1.807) is 24.3 Å². The Morgan fingerprint density at radius 2 is 1.90 bits per heavy atom. The molecule has 2 heterocycles. The Labute approximate surface area is 186 Å². The molecule has 0 fully saturated rings. The Morgan fingerprint density at radius 3 is 2.55 bits per heavy atom. The zero-order valence-corrected chi connectivity index (χ0v) is 18.6. The molecule has 31 heavy (non-hydrogen) atoms. The number of aromatic nitrogens is 4. The van der Waals surface area contributed by atoms with Crippen LogP contribution in [0.2, 0.25) is 5.02 Å². The highest BCUT2D eigenvalue weighted by Crippen LogP contribution is 2.22. The number of esters is 1. The molecule has 0 aliphatic heterocycles. The zero-order chi connectivity index (χ0) is 22.7. The van der Waals surface area contributed by atoms with Crippen molar-refractivity contribution < 1.29 is 19.4 Å². The number of aliphatic hydroxyl groups is 1. The summed E-state index contributed by atoms with van der Waals surface area (Å²) in [5, 5.41) is 11.4. The van der Waals surface area contributed by atoms with Gasteiger partial charge in [0.25, 0.3) is 5.56 Å². The van der Waals surface area contributed by atoms with Gasteiger partial charge in [-0.25, -0.2) is 9.78 Å². The first kappa shape index (κ1) is 22.9. The molecule has 0 bridgehead atoms. The van der Waals surface area contributed by atoms with E-state index < -0.39 is 23.3 Å². The molecule has 1 aromatic carbocycles. The largest absolute Gasteiger partial charge is 0.491 e. The van der Waals surface area contributed by atoms with Crippen molar-refractivity contribution in [2.45, 2.75) is 17.8 Å². The summed E-state index contributed by atoms with van der Waals surface area (Å²) in [6, 6.07) is 6.67. The fraction of sp³-hybridized carbons (Fsp3) is 0.368. The second-order valence-electron chi connectivity index (χ2n) is 6.67. The number of fused-ring (bicyclic) bond motifs is 1. The summed E-state index contributed by atoms with van der Waals surface area (Å²) in [5.41, 5.74) is -0.784. The highest BCUT2D eigenvalue weighted by atomic mass is 35.5. The van der Waals surface area contributed by atoms with Gasteiger partial charge in [0.1, 0.15) is 18.5 Å². The number of carbonyl (C=O) groups is 1. The number of aliphatic hydroxyl groups excluding tert-OH is 1. The average molecular weight is 469 g/mol. The van der Waals surface area contributed by atoms with E-state index in [0.29, 0.717) is 15.9 Å². The Morgan fingerprint density at radius 1 is 1.23 bits per heavy atom. The van der Waals surface area contributed by atoms with Crippen LogP contribution in [0.4, 0.5) is 0 Å². The van der Waals surface area contributed by atoms with Crippen LogP contribution in [0.15, 0.2) is 39.0 Å². The van der Waals surface area contributed by atoms with Crippen LogP contribution in [0, 0.1) is 0 Å². The van der Waals surface area contributed by atoms with Gasteiger partial charge in [-0.15, -0.1) is 0 Å². The molecule has 0 radical (unpaired) electrons. The van der Waals surface area contributed by atoms with E-state index in [-0.39, 0.29) is 30.1 Å².